The van der Waals surface area contributed by atoms with Crippen molar-refractivity contribution in [3.05, 3.63) is 35.4 Å². The predicted molar refractivity (Wildman–Crippen MR) is 146 cm³/mol. The van der Waals surface area contributed by atoms with Gasteiger partial charge in [0.05, 0.1) is 13.2 Å². The molecule has 1 aromatic carbocycles. The van der Waals surface area contributed by atoms with Crippen LogP contribution in [0.3, 0.4) is 0 Å². The lowest BCUT2D eigenvalue weighted by Gasteiger charge is -2.28. The standard InChI is InChI=1S/C28H50NO6P/c1-7-10-11-12-13-14-15-23-16-18-24(19-17-23)20-21-25(29-27(31)35-28(4,5)6)22-26(30)36(32,33-8-2)34-9-3/h16-19,25-26,30H,7-15,20-22H2,1-6H3,(H,29,31)/t25-,26?/m1/s1. The van der Waals surface area contributed by atoms with E-state index in [4.69, 9.17) is 13.8 Å². The Morgan fingerprint density at radius 2 is 1.44 bits per heavy atom. The summed E-state index contributed by atoms with van der Waals surface area (Å²) in [7, 11) is -3.71. The van der Waals surface area contributed by atoms with E-state index in [1.165, 1.54) is 44.1 Å². The van der Waals surface area contributed by atoms with E-state index in [1.807, 2.05) is 0 Å². The summed E-state index contributed by atoms with van der Waals surface area (Å²) in [5.74, 6) is -1.35. The Labute approximate surface area is 219 Å². The first-order valence-corrected chi connectivity index (χ1v) is 15.3. The van der Waals surface area contributed by atoms with Crippen molar-refractivity contribution in [1.82, 2.24) is 5.32 Å². The molecule has 1 amide bonds. The van der Waals surface area contributed by atoms with Gasteiger partial charge in [-0.2, -0.15) is 0 Å². The van der Waals surface area contributed by atoms with E-state index in [0.29, 0.717) is 12.8 Å². The average molecular weight is 528 g/mol. The zero-order chi connectivity index (χ0) is 27.0. The number of aliphatic hydroxyl groups excluding tert-OH is 1. The van der Waals surface area contributed by atoms with Gasteiger partial charge in [-0.05, 0) is 71.4 Å². The van der Waals surface area contributed by atoms with Crippen LogP contribution in [0.15, 0.2) is 24.3 Å². The monoisotopic (exact) mass is 527 g/mol. The van der Waals surface area contributed by atoms with Gasteiger partial charge in [0.25, 0.3) is 0 Å². The predicted octanol–water partition coefficient (Wildman–Crippen LogP) is 7.39. The molecule has 0 saturated heterocycles. The van der Waals surface area contributed by atoms with E-state index in [0.717, 1.165) is 12.0 Å². The number of amides is 1. The Kier molecular flexibility index (Phi) is 15.6. The van der Waals surface area contributed by atoms with Gasteiger partial charge in [0.1, 0.15) is 5.60 Å². The topological polar surface area (TPSA) is 94.1 Å². The van der Waals surface area contributed by atoms with E-state index in [-0.39, 0.29) is 19.6 Å². The van der Waals surface area contributed by atoms with Crippen molar-refractivity contribution >= 4 is 13.7 Å². The molecular formula is C28H50NO6P. The third-order valence-corrected chi connectivity index (χ3v) is 8.00. The first-order valence-electron chi connectivity index (χ1n) is 13.7. The molecule has 0 bridgehead atoms. The van der Waals surface area contributed by atoms with Crippen molar-refractivity contribution in [2.75, 3.05) is 13.2 Å². The summed E-state index contributed by atoms with van der Waals surface area (Å²) in [5.41, 5.74) is 1.83. The SMILES string of the molecule is CCCCCCCCc1ccc(CC[C@H](CC(O)P(=O)(OCC)OCC)NC(=O)OC(C)(C)C)cc1. The second-order valence-corrected chi connectivity index (χ2v) is 12.5. The molecule has 0 aliphatic carbocycles. The molecule has 36 heavy (non-hydrogen) atoms. The smallest absolute Gasteiger partial charge is 0.407 e. The van der Waals surface area contributed by atoms with E-state index < -0.39 is 31.2 Å². The van der Waals surface area contributed by atoms with Crippen molar-refractivity contribution < 1.29 is 28.3 Å². The Morgan fingerprint density at radius 1 is 0.917 bits per heavy atom. The first kappa shape index (κ1) is 32.6. The van der Waals surface area contributed by atoms with E-state index in [1.54, 1.807) is 34.6 Å². The van der Waals surface area contributed by atoms with Crippen LogP contribution in [0, 0.1) is 0 Å². The van der Waals surface area contributed by atoms with Crippen LogP contribution < -0.4 is 5.32 Å². The maximum atomic E-state index is 13.0. The fourth-order valence-corrected chi connectivity index (χ4v) is 5.65. The van der Waals surface area contributed by atoms with Gasteiger partial charge in [-0.3, -0.25) is 4.57 Å². The van der Waals surface area contributed by atoms with Crippen LogP contribution in [-0.4, -0.2) is 41.9 Å². The summed E-state index contributed by atoms with van der Waals surface area (Å²) in [5, 5.41) is 13.6. The number of alkyl carbamates (subject to hydrolysis) is 1. The van der Waals surface area contributed by atoms with E-state index >= 15 is 0 Å². The van der Waals surface area contributed by atoms with Gasteiger partial charge in [0.2, 0.25) is 0 Å². The van der Waals surface area contributed by atoms with Crippen molar-refractivity contribution in [3.8, 4) is 0 Å². The van der Waals surface area contributed by atoms with Gasteiger partial charge >= 0.3 is 13.7 Å². The van der Waals surface area contributed by atoms with Crippen LogP contribution in [-0.2, 0) is 31.2 Å². The van der Waals surface area contributed by atoms with Gasteiger partial charge in [-0.15, -0.1) is 0 Å². The average Bonchev–Trinajstić information content (AvgIpc) is 2.79. The number of benzene rings is 1. The maximum Gasteiger partial charge on any atom is 0.407 e. The van der Waals surface area contributed by atoms with Crippen LogP contribution in [0.4, 0.5) is 4.79 Å². The second-order valence-electron chi connectivity index (χ2n) is 10.3. The highest BCUT2D eigenvalue weighted by Crippen LogP contribution is 2.53. The Bertz CT molecular complexity index is 767. The molecule has 0 fully saturated rings. The van der Waals surface area contributed by atoms with Crippen molar-refractivity contribution in [2.45, 2.75) is 123 Å². The molecule has 8 heteroatoms. The van der Waals surface area contributed by atoms with Crippen LogP contribution >= 0.6 is 7.60 Å². The number of aliphatic hydroxyl groups is 1. The van der Waals surface area contributed by atoms with Crippen molar-refractivity contribution in [3.63, 3.8) is 0 Å². The number of carbonyl (C=O) groups excluding carboxylic acids is 1. The number of nitrogens with one attached hydrogen (secondary N) is 1. The number of unbranched alkanes of at least 4 members (excludes halogenated alkanes) is 5. The van der Waals surface area contributed by atoms with Gasteiger partial charge < -0.3 is 24.2 Å². The van der Waals surface area contributed by atoms with Crippen LogP contribution in [0.5, 0.6) is 0 Å². The van der Waals surface area contributed by atoms with E-state index in [2.05, 4.69) is 36.5 Å². The highest BCUT2D eigenvalue weighted by molar-refractivity contribution is 7.54. The maximum absolute atomic E-state index is 13.0. The number of hydrogen-bond acceptors (Lipinski definition) is 6. The molecule has 0 saturated carbocycles. The summed E-state index contributed by atoms with van der Waals surface area (Å²) in [6, 6.07) is 8.12. The minimum absolute atomic E-state index is 0.0344. The fourth-order valence-electron chi connectivity index (χ4n) is 4.00. The minimum atomic E-state index is -3.71. The molecule has 0 heterocycles. The number of carbonyl (C=O) groups is 1. The highest BCUT2D eigenvalue weighted by atomic mass is 31.2. The molecule has 0 aliphatic heterocycles. The Morgan fingerprint density at radius 3 is 1.97 bits per heavy atom. The fraction of sp³-hybridized carbons (Fsp3) is 0.750. The molecule has 2 atom stereocenters. The van der Waals surface area contributed by atoms with Crippen LogP contribution in [0.25, 0.3) is 0 Å². The van der Waals surface area contributed by atoms with Crippen LogP contribution in [0.1, 0.15) is 104 Å². The number of ether oxygens (including phenoxy) is 1. The lowest BCUT2D eigenvalue weighted by Crippen LogP contribution is -2.41. The number of aryl methyl sites for hydroxylation is 2. The third-order valence-electron chi connectivity index (χ3n) is 5.82. The molecule has 0 spiro atoms. The molecule has 1 rings (SSSR count). The molecular weight excluding hydrogens is 477 g/mol. The van der Waals surface area contributed by atoms with Gasteiger partial charge in [0.15, 0.2) is 5.85 Å². The molecule has 0 radical (unpaired) electrons. The van der Waals surface area contributed by atoms with Crippen LogP contribution in [0.2, 0.25) is 0 Å². The van der Waals surface area contributed by atoms with Gasteiger partial charge in [-0.25, -0.2) is 4.79 Å². The third kappa shape index (κ3) is 13.8. The first-order chi connectivity index (χ1) is 17.0. The molecule has 2 N–H and O–H groups in total. The summed E-state index contributed by atoms with van der Waals surface area (Å²) >= 11 is 0. The normalized spacial score (nSPS) is 13.9. The van der Waals surface area contributed by atoms with Gasteiger partial charge in [0, 0.05) is 12.5 Å². The summed E-state index contributed by atoms with van der Waals surface area (Å²) < 4.78 is 29.0. The van der Waals surface area contributed by atoms with Crippen molar-refractivity contribution in [2.24, 2.45) is 0 Å². The zero-order valence-electron chi connectivity index (χ0n) is 23.4. The van der Waals surface area contributed by atoms with E-state index in [9.17, 15) is 14.5 Å². The lowest BCUT2D eigenvalue weighted by atomic mass is 10.00. The molecule has 1 unspecified atom stereocenters. The quantitative estimate of drug-likeness (QED) is 0.153. The molecule has 208 valence electrons. The van der Waals surface area contributed by atoms with Gasteiger partial charge in [-0.1, -0.05) is 63.3 Å². The van der Waals surface area contributed by atoms with Crippen molar-refractivity contribution in [1.29, 1.82) is 0 Å². The summed E-state index contributed by atoms with van der Waals surface area (Å²) in [6.07, 6.45) is 9.50. The molecule has 0 aromatic heterocycles. The number of hydrogen-bond donors (Lipinski definition) is 2. The zero-order valence-corrected chi connectivity index (χ0v) is 24.3. The minimum Gasteiger partial charge on any atom is -0.444 e. The summed E-state index contributed by atoms with van der Waals surface area (Å²) in [6.45, 7) is 11.3. The largest absolute Gasteiger partial charge is 0.444 e. The molecule has 1 aromatic rings. The lowest BCUT2D eigenvalue weighted by molar-refractivity contribution is 0.0484. The summed E-state index contributed by atoms with van der Waals surface area (Å²) in [4.78, 5) is 12.4. The molecule has 7 nitrogen and oxygen atoms in total. The number of rotatable bonds is 18. The Hall–Kier alpha value is -1.40. The highest BCUT2D eigenvalue weighted by Gasteiger charge is 2.36. The second kappa shape index (κ2) is 17.2. The Balaban J connectivity index is 2.75. The molecule has 0 aliphatic rings.